The summed E-state index contributed by atoms with van der Waals surface area (Å²) in [6.07, 6.45) is 0.973. The van der Waals surface area contributed by atoms with Crippen LogP contribution in [0.2, 0.25) is 0 Å². The maximum Gasteiger partial charge on any atom is 0.243 e. The van der Waals surface area contributed by atoms with Crippen LogP contribution in [0.15, 0.2) is 41.8 Å². The average Bonchev–Trinajstić information content (AvgIpc) is 3.19. The molecule has 0 radical (unpaired) electrons. The van der Waals surface area contributed by atoms with Crippen LogP contribution in [0.3, 0.4) is 0 Å². The first-order valence-electron chi connectivity index (χ1n) is 7.40. The summed E-state index contributed by atoms with van der Waals surface area (Å²) in [5.41, 5.74) is 1.92. The molecule has 1 atom stereocenters. The first-order valence-corrected chi connectivity index (χ1v) is 8.28. The lowest BCUT2D eigenvalue weighted by atomic mass is 10.1. The van der Waals surface area contributed by atoms with Crippen LogP contribution in [-0.4, -0.2) is 17.9 Å². The second-order valence-corrected chi connectivity index (χ2v) is 6.30. The third-order valence-electron chi connectivity index (χ3n) is 3.87. The van der Waals surface area contributed by atoms with Crippen molar-refractivity contribution < 1.29 is 9.59 Å². The largest absolute Gasteiger partial charge is 0.349 e. The molecular formula is C17H18N2O2S. The fourth-order valence-electron chi connectivity index (χ4n) is 2.78. The molecule has 0 spiro atoms. The van der Waals surface area contributed by atoms with E-state index in [2.05, 4.69) is 5.32 Å². The molecule has 1 N–H and O–H groups in total. The summed E-state index contributed by atoms with van der Waals surface area (Å²) in [6.45, 7) is 2.33. The van der Waals surface area contributed by atoms with Gasteiger partial charge in [-0.25, -0.2) is 0 Å². The van der Waals surface area contributed by atoms with Crippen molar-refractivity contribution in [2.45, 2.75) is 32.4 Å². The van der Waals surface area contributed by atoms with Gasteiger partial charge in [-0.15, -0.1) is 11.3 Å². The number of carbonyl (C=O) groups is 2. The number of hydrogen-bond donors (Lipinski definition) is 1. The number of carbonyl (C=O) groups excluding carboxylic acids is 2. The summed E-state index contributed by atoms with van der Waals surface area (Å²) < 4.78 is 0. The van der Waals surface area contributed by atoms with Crippen LogP contribution in [0.25, 0.3) is 0 Å². The highest BCUT2D eigenvalue weighted by Gasteiger charge is 2.37. The number of amides is 2. The molecule has 4 nitrogen and oxygen atoms in total. The number of hydrogen-bond acceptors (Lipinski definition) is 3. The Morgan fingerprint density at radius 3 is 2.82 bits per heavy atom. The van der Waals surface area contributed by atoms with Crippen molar-refractivity contribution in [3.8, 4) is 0 Å². The molecule has 114 valence electrons. The number of rotatable bonds is 4. The monoisotopic (exact) mass is 314 g/mol. The highest BCUT2D eigenvalue weighted by molar-refractivity contribution is 7.09. The number of anilines is 1. The molecule has 1 aromatic heterocycles. The van der Waals surface area contributed by atoms with Gasteiger partial charge in [0.2, 0.25) is 11.8 Å². The highest BCUT2D eigenvalue weighted by Crippen LogP contribution is 2.32. The van der Waals surface area contributed by atoms with Gasteiger partial charge in [0.1, 0.15) is 6.04 Å². The van der Waals surface area contributed by atoms with Crippen molar-refractivity contribution in [2.24, 2.45) is 0 Å². The van der Waals surface area contributed by atoms with Crippen LogP contribution in [0.1, 0.15) is 23.8 Å². The van der Waals surface area contributed by atoms with Gasteiger partial charge in [-0.2, -0.15) is 0 Å². The van der Waals surface area contributed by atoms with Gasteiger partial charge in [0.05, 0.1) is 6.54 Å². The van der Waals surface area contributed by atoms with E-state index in [9.17, 15) is 9.59 Å². The number of fused-ring (bicyclic) bond motifs is 1. The lowest BCUT2D eigenvalue weighted by Gasteiger charge is -2.24. The van der Waals surface area contributed by atoms with Crippen molar-refractivity contribution in [1.29, 1.82) is 0 Å². The molecule has 0 bridgehead atoms. The fourth-order valence-corrected chi connectivity index (χ4v) is 3.42. The Hall–Kier alpha value is -2.14. The van der Waals surface area contributed by atoms with Crippen molar-refractivity contribution in [2.75, 3.05) is 4.90 Å². The van der Waals surface area contributed by atoms with Crippen molar-refractivity contribution in [1.82, 2.24) is 5.32 Å². The maximum atomic E-state index is 12.5. The van der Waals surface area contributed by atoms with Crippen molar-refractivity contribution >= 4 is 28.8 Å². The molecule has 22 heavy (non-hydrogen) atoms. The molecule has 2 heterocycles. The molecule has 1 aliphatic heterocycles. The number of benzene rings is 1. The number of nitrogens with zero attached hydrogens (tertiary/aromatic N) is 1. The summed E-state index contributed by atoms with van der Waals surface area (Å²) in [7, 11) is 0. The second kappa shape index (κ2) is 6.32. The van der Waals surface area contributed by atoms with Crippen LogP contribution in [0.5, 0.6) is 0 Å². The van der Waals surface area contributed by atoms with E-state index in [0.717, 1.165) is 16.1 Å². The predicted octanol–water partition coefficient (Wildman–Crippen LogP) is 2.73. The van der Waals surface area contributed by atoms with Crippen LogP contribution in [0, 0.1) is 0 Å². The molecule has 0 saturated heterocycles. The summed E-state index contributed by atoms with van der Waals surface area (Å²) in [5.74, 6) is -0.104. The topological polar surface area (TPSA) is 49.4 Å². The van der Waals surface area contributed by atoms with E-state index in [1.54, 1.807) is 16.2 Å². The van der Waals surface area contributed by atoms with E-state index in [4.69, 9.17) is 0 Å². The predicted molar refractivity (Wildman–Crippen MR) is 87.9 cm³/mol. The van der Waals surface area contributed by atoms with Crippen LogP contribution < -0.4 is 10.2 Å². The standard InChI is InChI=1S/C17H18N2O2S/c1-2-16(20)19-14-8-4-3-6-12(14)10-15(19)17(21)18-11-13-7-5-9-22-13/h3-9,15H,2,10-11H2,1H3,(H,18,21)/t15-/m1/s1. The lowest BCUT2D eigenvalue weighted by molar-refractivity contribution is -0.126. The summed E-state index contributed by atoms with van der Waals surface area (Å²) >= 11 is 1.61. The van der Waals surface area contributed by atoms with Crippen LogP contribution >= 0.6 is 11.3 Å². The van der Waals surface area contributed by atoms with Gasteiger partial charge in [0.25, 0.3) is 0 Å². The zero-order valence-electron chi connectivity index (χ0n) is 12.4. The van der Waals surface area contributed by atoms with Gasteiger partial charge >= 0.3 is 0 Å². The Morgan fingerprint density at radius 1 is 1.27 bits per heavy atom. The third kappa shape index (κ3) is 2.76. The minimum Gasteiger partial charge on any atom is -0.349 e. The van der Waals surface area contributed by atoms with Gasteiger partial charge in [0.15, 0.2) is 0 Å². The summed E-state index contributed by atoms with van der Waals surface area (Å²) in [5, 5.41) is 4.93. The van der Waals surface area contributed by atoms with Gasteiger partial charge in [0, 0.05) is 23.4 Å². The van der Waals surface area contributed by atoms with E-state index in [-0.39, 0.29) is 11.8 Å². The van der Waals surface area contributed by atoms with E-state index < -0.39 is 6.04 Å². The smallest absolute Gasteiger partial charge is 0.243 e. The molecule has 1 aromatic carbocycles. The molecule has 2 amide bonds. The van der Waals surface area contributed by atoms with Crippen molar-refractivity contribution in [3.05, 3.63) is 52.2 Å². The molecule has 3 rings (SSSR count). The van der Waals surface area contributed by atoms with Crippen molar-refractivity contribution in [3.63, 3.8) is 0 Å². The quantitative estimate of drug-likeness (QED) is 0.943. The minimum atomic E-state index is -0.440. The Bertz CT molecular complexity index is 682. The van der Waals surface area contributed by atoms with Crippen LogP contribution in [0.4, 0.5) is 5.69 Å². The molecule has 2 aromatic rings. The first-order chi connectivity index (χ1) is 10.7. The van der Waals surface area contributed by atoms with Gasteiger partial charge < -0.3 is 5.32 Å². The number of nitrogens with one attached hydrogen (secondary N) is 1. The summed E-state index contributed by atoms with van der Waals surface area (Å²) in [6, 6.07) is 11.3. The molecule has 0 unspecified atom stereocenters. The summed E-state index contributed by atoms with van der Waals surface area (Å²) in [4.78, 5) is 27.6. The van der Waals surface area contributed by atoms with E-state index >= 15 is 0 Å². The normalized spacial score (nSPS) is 16.4. The number of thiophene rings is 1. The average molecular weight is 314 g/mol. The van der Waals surface area contributed by atoms with Gasteiger partial charge in [-0.05, 0) is 23.1 Å². The first kappa shape index (κ1) is 14.8. The fraction of sp³-hybridized carbons (Fsp3) is 0.294. The molecule has 0 fully saturated rings. The Morgan fingerprint density at radius 2 is 2.09 bits per heavy atom. The molecule has 5 heteroatoms. The highest BCUT2D eigenvalue weighted by atomic mass is 32.1. The van der Waals surface area contributed by atoms with Gasteiger partial charge in [-0.1, -0.05) is 31.2 Å². The van der Waals surface area contributed by atoms with E-state index in [1.807, 2.05) is 48.7 Å². The SMILES string of the molecule is CCC(=O)N1c2ccccc2C[C@@H]1C(=O)NCc1cccs1. The van der Waals surface area contributed by atoms with Crippen LogP contribution in [-0.2, 0) is 22.6 Å². The second-order valence-electron chi connectivity index (χ2n) is 5.26. The molecule has 1 aliphatic rings. The number of para-hydroxylation sites is 1. The minimum absolute atomic E-state index is 0.0128. The Labute approximate surface area is 133 Å². The molecular weight excluding hydrogens is 296 g/mol. The van der Waals surface area contributed by atoms with Gasteiger partial charge in [-0.3, -0.25) is 14.5 Å². The van der Waals surface area contributed by atoms with E-state index in [0.29, 0.717) is 19.4 Å². The molecule has 0 aliphatic carbocycles. The zero-order chi connectivity index (χ0) is 15.5. The lowest BCUT2D eigenvalue weighted by Crippen LogP contribution is -2.47. The zero-order valence-corrected chi connectivity index (χ0v) is 13.2. The third-order valence-corrected chi connectivity index (χ3v) is 4.74. The van der Waals surface area contributed by atoms with E-state index in [1.165, 1.54) is 0 Å². The molecule has 0 saturated carbocycles. The maximum absolute atomic E-state index is 12.5. The Balaban J connectivity index is 1.77. The Kier molecular flexibility index (Phi) is 4.24.